The fourth-order valence-electron chi connectivity index (χ4n) is 4.15. The fourth-order valence-corrected chi connectivity index (χ4v) is 6.01. The molecule has 0 saturated carbocycles. The minimum absolute atomic E-state index is 0.151. The van der Waals surface area contributed by atoms with Crippen molar-refractivity contribution in [1.29, 1.82) is 0 Å². The fraction of sp³-hybridized carbons (Fsp3) is 0.200. The molecule has 3 heteroatoms. The molecule has 0 N–H and O–H groups in total. The van der Waals surface area contributed by atoms with Gasteiger partial charge in [0.15, 0.2) is 0 Å². The van der Waals surface area contributed by atoms with Crippen LogP contribution in [0.1, 0.15) is 31.9 Å². The monoisotopic (exact) mass is 469 g/mol. The van der Waals surface area contributed by atoms with E-state index < -0.39 is 0 Å². The molecule has 1 nitrogen and oxygen atoms in total. The lowest BCUT2D eigenvalue weighted by atomic mass is 9.75. The van der Waals surface area contributed by atoms with E-state index in [4.69, 9.17) is 0 Å². The summed E-state index contributed by atoms with van der Waals surface area (Å²) < 4.78 is 0. The van der Waals surface area contributed by atoms with Crippen molar-refractivity contribution in [1.82, 2.24) is 0 Å². The molecule has 0 saturated heterocycles. The third-order valence-electron chi connectivity index (χ3n) is 6.23. The van der Waals surface area contributed by atoms with Crippen molar-refractivity contribution in [2.75, 3.05) is 11.4 Å². The van der Waals surface area contributed by atoms with Gasteiger partial charge in [0.05, 0.1) is 10.7 Å². The van der Waals surface area contributed by atoms with E-state index in [2.05, 4.69) is 130 Å². The number of para-hydroxylation sites is 1. The Labute approximate surface area is 206 Å². The van der Waals surface area contributed by atoms with Crippen LogP contribution in [0.4, 0.5) is 5.69 Å². The van der Waals surface area contributed by atoms with Crippen molar-refractivity contribution in [3.63, 3.8) is 0 Å². The minimum atomic E-state index is -0.151. The van der Waals surface area contributed by atoms with Gasteiger partial charge in [-0.2, -0.15) is 0 Å². The SMILES string of the molecule is C=C(/C=C/C=C/C=C1\Sc2ccccc2N1CC)C(C)(C)c1cc(-c2cccs2)ccc1C. The predicted octanol–water partition coefficient (Wildman–Crippen LogP) is 9.14. The molecule has 0 bridgehead atoms. The number of aryl methyl sites for hydroxylation is 1. The molecule has 0 spiro atoms. The maximum Gasteiger partial charge on any atom is 0.0801 e. The molecule has 1 aliphatic rings. The number of thiophene rings is 1. The van der Waals surface area contributed by atoms with Gasteiger partial charge in [0.1, 0.15) is 0 Å². The zero-order valence-corrected chi connectivity index (χ0v) is 21.5. The number of rotatable bonds is 7. The summed E-state index contributed by atoms with van der Waals surface area (Å²) >= 11 is 3.61. The number of thioether (sulfide) groups is 1. The van der Waals surface area contributed by atoms with Gasteiger partial charge in [0, 0.05) is 21.7 Å². The lowest BCUT2D eigenvalue weighted by Crippen LogP contribution is -2.20. The number of fused-ring (bicyclic) bond motifs is 1. The van der Waals surface area contributed by atoms with E-state index >= 15 is 0 Å². The van der Waals surface area contributed by atoms with Gasteiger partial charge in [-0.3, -0.25) is 0 Å². The summed E-state index contributed by atoms with van der Waals surface area (Å²) in [7, 11) is 0. The Bertz CT molecular complexity index is 1230. The Morgan fingerprint density at radius 2 is 1.85 bits per heavy atom. The predicted molar refractivity (Wildman–Crippen MR) is 148 cm³/mol. The van der Waals surface area contributed by atoms with Crippen molar-refractivity contribution in [2.45, 2.75) is 38.0 Å². The van der Waals surface area contributed by atoms with Crippen LogP contribution in [0, 0.1) is 6.92 Å². The van der Waals surface area contributed by atoms with E-state index in [1.54, 1.807) is 11.3 Å². The molecule has 1 aliphatic heterocycles. The second kappa shape index (κ2) is 10.0. The summed E-state index contributed by atoms with van der Waals surface area (Å²) in [6.45, 7) is 14.3. The van der Waals surface area contributed by atoms with Gasteiger partial charge in [-0.25, -0.2) is 0 Å². The van der Waals surface area contributed by atoms with Gasteiger partial charge >= 0.3 is 0 Å². The van der Waals surface area contributed by atoms with Gasteiger partial charge in [-0.05, 0) is 71.8 Å². The Kier molecular flexibility index (Phi) is 7.11. The van der Waals surface area contributed by atoms with Gasteiger partial charge in [-0.15, -0.1) is 11.3 Å². The Balaban J connectivity index is 1.47. The Morgan fingerprint density at radius 1 is 1.03 bits per heavy atom. The van der Waals surface area contributed by atoms with E-state index in [1.807, 2.05) is 11.8 Å². The van der Waals surface area contributed by atoms with Gasteiger partial charge in [-0.1, -0.05) is 86.8 Å². The highest BCUT2D eigenvalue weighted by atomic mass is 32.2. The average molecular weight is 470 g/mol. The normalized spacial score (nSPS) is 15.2. The van der Waals surface area contributed by atoms with E-state index in [0.29, 0.717) is 0 Å². The summed E-state index contributed by atoms with van der Waals surface area (Å²) in [5, 5.41) is 3.40. The van der Waals surface area contributed by atoms with Crippen LogP contribution >= 0.6 is 23.1 Å². The van der Waals surface area contributed by atoms with Gasteiger partial charge in [0.25, 0.3) is 0 Å². The average Bonchev–Trinajstić information content (AvgIpc) is 3.46. The zero-order chi connectivity index (χ0) is 23.4. The number of hydrogen-bond donors (Lipinski definition) is 0. The molecular weight excluding hydrogens is 438 g/mol. The van der Waals surface area contributed by atoms with Gasteiger partial charge < -0.3 is 4.90 Å². The van der Waals surface area contributed by atoms with Crippen molar-refractivity contribution < 1.29 is 0 Å². The van der Waals surface area contributed by atoms with Crippen LogP contribution in [0.2, 0.25) is 0 Å². The number of nitrogens with zero attached hydrogens (tertiary/aromatic N) is 1. The first-order valence-corrected chi connectivity index (χ1v) is 13.0. The van der Waals surface area contributed by atoms with Crippen LogP contribution < -0.4 is 4.90 Å². The zero-order valence-electron chi connectivity index (χ0n) is 19.8. The number of anilines is 1. The second-order valence-corrected chi connectivity index (χ2v) is 10.7. The lowest BCUT2D eigenvalue weighted by Gasteiger charge is -2.28. The standard InChI is InChI=1S/C30H31NS2/c1-6-31-26-14-10-11-15-28(26)33-29(31)17-9-7-8-13-23(3)30(4,5)25-21-24(19-18-22(25)2)27-16-12-20-32-27/h7-21H,3,6H2,1-2,4-5H3/b9-7+,13-8+,29-17-. The van der Waals surface area contributed by atoms with Gasteiger partial charge in [0.2, 0.25) is 0 Å². The molecule has 1 aromatic heterocycles. The summed E-state index contributed by atoms with van der Waals surface area (Å²) in [5.41, 5.74) is 6.15. The number of allylic oxidation sites excluding steroid dienone is 6. The molecule has 0 amide bonds. The minimum Gasteiger partial charge on any atom is -0.335 e. The smallest absolute Gasteiger partial charge is 0.0801 e. The highest BCUT2D eigenvalue weighted by Crippen LogP contribution is 2.45. The topological polar surface area (TPSA) is 3.24 Å². The highest BCUT2D eigenvalue weighted by Gasteiger charge is 2.25. The van der Waals surface area contributed by atoms with Crippen molar-refractivity contribution in [2.24, 2.45) is 0 Å². The molecule has 0 radical (unpaired) electrons. The molecule has 0 atom stereocenters. The maximum absolute atomic E-state index is 4.42. The summed E-state index contributed by atoms with van der Waals surface area (Å²) in [4.78, 5) is 4.99. The molecule has 4 rings (SSSR count). The number of benzene rings is 2. The molecular formula is C30H31NS2. The van der Waals surface area contributed by atoms with Crippen LogP contribution in [0.15, 0.2) is 112 Å². The van der Waals surface area contributed by atoms with Crippen LogP contribution in [0.5, 0.6) is 0 Å². The van der Waals surface area contributed by atoms with Crippen molar-refractivity contribution >= 4 is 28.8 Å². The van der Waals surface area contributed by atoms with E-state index in [1.165, 1.54) is 37.2 Å². The Hall–Kier alpha value is -2.75. The summed E-state index contributed by atoms with van der Waals surface area (Å²) in [6.07, 6.45) is 10.7. The maximum atomic E-state index is 4.42. The third kappa shape index (κ3) is 4.95. The molecule has 168 valence electrons. The second-order valence-electron chi connectivity index (χ2n) is 8.72. The number of hydrogen-bond acceptors (Lipinski definition) is 3. The molecule has 2 aromatic carbocycles. The molecule has 2 heterocycles. The third-order valence-corrected chi connectivity index (χ3v) is 8.28. The summed E-state index contributed by atoms with van der Waals surface area (Å²) in [5.74, 6) is 0. The molecule has 33 heavy (non-hydrogen) atoms. The van der Waals surface area contributed by atoms with E-state index in [9.17, 15) is 0 Å². The first-order chi connectivity index (χ1) is 15.9. The molecule has 0 fully saturated rings. The first-order valence-electron chi connectivity index (χ1n) is 11.4. The van der Waals surface area contributed by atoms with Crippen LogP contribution in [-0.2, 0) is 5.41 Å². The lowest BCUT2D eigenvalue weighted by molar-refractivity contribution is 0.637. The van der Waals surface area contributed by atoms with Crippen LogP contribution in [-0.4, -0.2) is 6.54 Å². The van der Waals surface area contributed by atoms with E-state index in [0.717, 1.165) is 12.1 Å². The Morgan fingerprint density at radius 3 is 2.61 bits per heavy atom. The van der Waals surface area contributed by atoms with Crippen LogP contribution in [0.25, 0.3) is 10.4 Å². The highest BCUT2D eigenvalue weighted by molar-refractivity contribution is 8.03. The molecule has 3 aromatic rings. The summed E-state index contributed by atoms with van der Waals surface area (Å²) in [6, 6.07) is 19.7. The quantitative estimate of drug-likeness (QED) is 0.317. The molecule has 0 unspecified atom stereocenters. The van der Waals surface area contributed by atoms with Crippen molar-refractivity contribution in [3.8, 4) is 10.4 Å². The van der Waals surface area contributed by atoms with E-state index in [-0.39, 0.29) is 5.41 Å². The largest absolute Gasteiger partial charge is 0.335 e. The first kappa shape index (κ1) is 23.4. The van der Waals surface area contributed by atoms with Crippen LogP contribution in [0.3, 0.4) is 0 Å². The van der Waals surface area contributed by atoms with Crippen molar-refractivity contribution in [3.05, 3.63) is 119 Å². The molecule has 0 aliphatic carbocycles.